The molecule has 1 amide bonds. The van der Waals surface area contributed by atoms with E-state index in [1.807, 2.05) is 60.7 Å². The van der Waals surface area contributed by atoms with Crippen LogP contribution in [-0.2, 0) is 0 Å². The lowest BCUT2D eigenvalue weighted by Gasteiger charge is -2.12. The fourth-order valence-electron chi connectivity index (χ4n) is 3.83. The average molecular weight is 439 g/mol. The van der Waals surface area contributed by atoms with Crippen LogP contribution in [0.1, 0.15) is 10.4 Å². The molecule has 164 valence electrons. The molecule has 2 heterocycles. The van der Waals surface area contributed by atoms with Crippen molar-refractivity contribution in [2.75, 3.05) is 25.3 Å². The predicted octanol–water partition coefficient (Wildman–Crippen LogP) is 4.43. The van der Waals surface area contributed by atoms with Gasteiger partial charge >= 0.3 is 0 Å². The van der Waals surface area contributed by atoms with Gasteiger partial charge in [-0.2, -0.15) is 0 Å². The first-order valence-electron chi connectivity index (χ1n) is 10.3. The molecular weight excluding hydrogens is 418 g/mol. The van der Waals surface area contributed by atoms with Crippen LogP contribution in [0.5, 0.6) is 11.5 Å². The number of nitrogens with two attached hydrogens (primary N) is 1. The number of nitrogens with one attached hydrogen (secondary N) is 1. The van der Waals surface area contributed by atoms with E-state index < -0.39 is 0 Å². The van der Waals surface area contributed by atoms with Gasteiger partial charge in [0.05, 0.1) is 30.9 Å². The van der Waals surface area contributed by atoms with Gasteiger partial charge in [-0.05, 0) is 36.4 Å². The number of hydrogen-bond donors (Lipinski definition) is 2. The number of methoxy groups -OCH3 is 2. The van der Waals surface area contributed by atoms with Crippen LogP contribution in [0.15, 0.2) is 72.8 Å². The summed E-state index contributed by atoms with van der Waals surface area (Å²) in [4.78, 5) is 22.9. The largest absolute Gasteiger partial charge is 0.493 e. The molecule has 0 fully saturated rings. The third kappa shape index (κ3) is 3.47. The Kier molecular flexibility index (Phi) is 5.02. The zero-order chi connectivity index (χ0) is 22.9. The third-order valence-electron chi connectivity index (χ3n) is 5.38. The SMILES string of the molecule is COc1ccc(-n2c(N)c(C(=O)Nc3ccccc3)c3nc4ccccc4nc32)cc1OC. The van der Waals surface area contributed by atoms with Gasteiger partial charge in [0, 0.05) is 11.8 Å². The second-order valence-electron chi connectivity index (χ2n) is 7.34. The number of carbonyl (C=O) groups is 1. The van der Waals surface area contributed by atoms with Gasteiger partial charge < -0.3 is 20.5 Å². The Balaban J connectivity index is 1.76. The maximum absolute atomic E-state index is 13.3. The van der Waals surface area contributed by atoms with Crippen molar-refractivity contribution in [3.05, 3.63) is 78.4 Å². The maximum Gasteiger partial charge on any atom is 0.261 e. The molecule has 3 N–H and O–H groups in total. The molecule has 0 saturated carbocycles. The van der Waals surface area contributed by atoms with Crippen LogP contribution in [0.25, 0.3) is 27.9 Å². The van der Waals surface area contributed by atoms with Crippen LogP contribution in [-0.4, -0.2) is 34.7 Å². The first-order chi connectivity index (χ1) is 16.1. The highest BCUT2D eigenvalue weighted by molar-refractivity contribution is 6.16. The standard InChI is InChI=1S/C25H21N5O3/c1-32-19-13-12-16(14-20(19)33-2)30-23(26)21(25(31)27-15-8-4-3-5-9-15)22-24(30)29-18-11-7-6-10-17(18)28-22/h3-14H,26H2,1-2H3,(H,27,31). The number of amides is 1. The molecule has 0 atom stereocenters. The fraction of sp³-hybridized carbons (Fsp3) is 0.0800. The molecular formula is C25H21N5O3. The molecule has 0 radical (unpaired) electrons. The quantitative estimate of drug-likeness (QED) is 0.420. The number of ether oxygens (including phenoxy) is 2. The second kappa shape index (κ2) is 8.16. The van der Waals surface area contributed by atoms with Crippen molar-refractivity contribution < 1.29 is 14.3 Å². The highest BCUT2D eigenvalue weighted by Crippen LogP contribution is 2.35. The van der Waals surface area contributed by atoms with Crippen molar-refractivity contribution in [1.82, 2.24) is 14.5 Å². The van der Waals surface area contributed by atoms with E-state index in [1.54, 1.807) is 30.9 Å². The molecule has 0 aliphatic heterocycles. The fourth-order valence-corrected chi connectivity index (χ4v) is 3.83. The monoisotopic (exact) mass is 439 g/mol. The van der Waals surface area contributed by atoms with Crippen LogP contribution in [0.3, 0.4) is 0 Å². The first kappa shape index (κ1) is 20.3. The van der Waals surface area contributed by atoms with Crippen LogP contribution >= 0.6 is 0 Å². The van der Waals surface area contributed by atoms with Gasteiger partial charge in [-0.15, -0.1) is 0 Å². The highest BCUT2D eigenvalue weighted by atomic mass is 16.5. The van der Waals surface area contributed by atoms with Crippen LogP contribution in [0.4, 0.5) is 11.5 Å². The van der Waals surface area contributed by atoms with E-state index in [1.165, 1.54) is 0 Å². The molecule has 2 aromatic heterocycles. The summed E-state index contributed by atoms with van der Waals surface area (Å²) in [7, 11) is 3.13. The summed E-state index contributed by atoms with van der Waals surface area (Å²) in [6.07, 6.45) is 0. The molecule has 8 heteroatoms. The lowest BCUT2D eigenvalue weighted by atomic mass is 10.2. The number of nitrogens with zero attached hydrogens (tertiary/aromatic N) is 3. The van der Waals surface area contributed by atoms with Gasteiger partial charge in [0.25, 0.3) is 5.91 Å². The smallest absolute Gasteiger partial charge is 0.261 e. The zero-order valence-corrected chi connectivity index (χ0v) is 18.1. The van der Waals surface area contributed by atoms with Crippen molar-refractivity contribution in [3.63, 3.8) is 0 Å². The molecule has 0 bridgehead atoms. The number of fused-ring (bicyclic) bond motifs is 2. The second-order valence-corrected chi connectivity index (χ2v) is 7.34. The summed E-state index contributed by atoms with van der Waals surface area (Å²) < 4.78 is 12.5. The Labute approximate surface area is 189 Å². The average Bonchev–Trinajstić information content (AvgIpc) is 3.13. The van der Waals surface area contributed by atoms with Crippen LogP contribution < -0.4 is 20.5 Å². The van der Waals surface area contributed by atoms with Crippen molar-refractivity contribution in [1.29, 1.82) is 0 Å². The van der Waals surface area contributed by atoms with Gasteiger partial charge in [0.1, 0.15) is 16.9 Å². The number of carbonyl (C=O) groups excluding carboxylic acids is 1. The van der Waals surface area contributed by atoms with Gasteiger partial charge in [-0.25, -0.2) is 9.97 Å². The van der Waals surface area contributed by atoms with Gasteiger partial charge in [-0.3, -0.25) is 9.36 Å². The molecule has 5 aromatic rings. The van der Waals surface area contributed by atoms with E-state index >= 15 is 0 Å². The normalized spacial score (nSPS) is 11.0. The molecule has 0 spiro atoms. The number of hydrogen-bond acceptors (Lipinski definition) is 6. The molecule has 5 rings (SSSR count). The topological polar surface area (TPSA) is 104 Å². The van der Waals surface area contributed by atoms with Gasteiger partial charge in [0.2, 0.25) is 0 Å². The number of benzene rings is 3. The Morgan fingerprint density at radius 2 is 1.55 bits per heavy atom. The summed E-state index contributed by atoms with van der Waals surface area (Å²) in [5.41, 5.74) is 10.4. The molecule has 3 aromatic carbocycles. The predicted molar refractivity (Wildman–Crippen MR) is 128 cm³/mol. The number of anilines is 2. The summed E-state index contributed by atoms with van der Waals surface area (Å²) in [5, 5.41) is 2.90. The Hall–Kier alpha value is -4.59. The first-order valence-corrected chi connectivity index (χ1v) is 10.3. The van der Waals surface area contributed by atoms with E-state index in [2.05, 4.69) is 5.32 Å². The number of para-hydroxylation sites is 3. The Morgan fingerprint density at radius 3 is 2.24 bits per heavy atom. The minimum atomic E-state index is -0.368. The highest BCUT2D eigenvalue weighted by Gasteiger charge is 2.25. The summed E-state index contributed by atoms with van der Waals surface area (Å²) in [5.74, 6) is 0.962. The van der Waals surface area contributed by atoms with Crippen molar-refractivity contribution in [2.45, 2.75) is 0 Å². The third-order valence-corrected chi connectivity index (χ3v) is 5.38. The number of aromatic nitrogens is 3. The summed E-state index contributed by atoms with van der Waals surface area (Å²) >= 11 is 0. The Morgan fingerprint density at radius 1 is 0.879 bits per heavy atom. The van der Waals surface area contributed by atoms with E-state index in [0.29, 0.717) is 45.1 Å². The van der Waals surface area contributed by atoms with E-state index in [-0.39, 0.29) is 17.3 Å². The van der Waals surface area contributed by atoms with Gasteiger partial charge in [-0.1, -0.05) is 30.3 Å². The maximum atomic E-state index is 13.3. The summed E-state index contributed by atoms with van der Waals surface area (Å²) in [6, 6.07) is 22.1. The molecule has 0 aliphatic rings. The van der Waals surface area contributed by atoms with Crippen molar-refractivity contribution in [2.24, 2.45) is 0 Å². The minimum Gasteiger partial charge on any atom is -0.493 e. The zero-order valence-electron chi connectivity index (χ0n) is 18.1. The van der Waals surface area contributed by atoms with Crippen LogP contribution in [0.2, 0.25) is 0 Å². The number of rotatable bonds is 5. The molecule has 0 unspecified atom stereocenters. The molecule has 33 heavy (non-hydrogen) atoms. The lowest BCUT2D eigenvalue weighted by molar-refractivity contribution is 0.102. The van der Waals surface area contributed by atoms with Gasteiger partial charge in [0.15, 0.2) is 17.1 Å². The molecule has 8 nitrogen and oxygen atoms in total. The van der Waals surface area contributed by atoms with Crippen molar-refractivity contribution >= 4 is 39.6 Å². The lowest BCUT2D eigenvalue weighted by Crippen LogP contribution is -2.14. The molecule has 0 saturated heterocycles. The van der Waals surface area contributed by atoms with E-state index in [4.69, 9.17) is 25.2 Å². The van der Waals surface area contributed by atoms with E-state index in [0.717, 1.165) is 0 Å². The Bertz CT molecular complexity index is 1500. The van der Waals surface area contributed by atoms with E-state index in [9.17, 15) is 4.79 Å². The minimum absolute atomic E-state index is 0.223. The van der Waals surface area contributed by atoms with Crippen LogP contribution in [0, 0.1) is 0 Å². The molecule has 0 aliphatic carbocycles. The number of nitrogen functional groups attached to an aromatic ring is 1. The van der Waals surface area contributed by atoms with Crippen molar-refractivity contribution in [3.8, 4) is 17.2 Å². The summed E-state index contributed by atoms with van der Waals surface area (Å²) in [6.45, 7) is 0.